The van der Waals surface area contributed by atoms with Gasteiger partial charge in [-0.2, -0.15) is 0 Å². The highest BCUT2D eigenvalue weighted by molar-refractivity contribution is 9.10. The van der Waals surface area contributed by atoms with Crippen LogP contribution in [0.5, 0.6) is 0 Å². The molecule has 1 aromatic rings. The standard InChI is InChI=1S/C13H15BrN2O3/c14-9-2-1-3-10(8-9)16-7-6-15-11(13(16)19)4-5-12(17)18/h1-3,8,11,15H,4-7H2,(H,17,18). The maximum Gasteiger partial charge on any atom is 0.303 e. The van der Waals surface area contributed by atoms with Crippen LogP contribution in [0.15, 0.2) is 28.7 Å². The highest BCUT2D eigenvalue weighted by Gasteiger charge is 2.29. The van der Waals surface area contributed by atoms with Crippen molar-refractivity contribution in [3.05, 3.63) is 28.7 Å². The summed E-state index contributed by atoms with van der Waals surface area (Å²) >= 11 is 3.38. The normalized spacial score (nSPS) is 19.5. The molecule has 1 atom stereocenters. The Morgan fingerprint density at radius 2 is 2.32 bits per heavy atom. The summed E-state index contributed by atoms with van der Waals surface area (Å²) < 4.78 is 0.915. The minimum atomic E-state index is -0.880. The molecular formula is C13H15BrN2O3. The number of nitrogens with zero attached hydrogens (tertiary/aromatic N) is 1. The van der Waals surface area contributed by atoms with Crippen LogP contribution >= 0.6 is 15.9 Å². The zero-order valence-electron chi connectivity index (χ0n) is 10.3. The van der Waals surface area contributed by atoms with E-state index in [0.717, 1.165) is 10.2 Å². The fourth-order valence-electron chi connectivity index (χ4n) is 2.13. The van der Waals surface area contributed by atoms with Gasteiger partial charge in [0.05, 0.1) is 6.04 Å². The molecule has 6 heteroatoms. The quantitative estimate of drug-likeness (QED) is 0.882. The number of anilines is 1. The molecule has 19 heavy (non-hydrogen) atoms. The summed E-state index contributed by atoms with van der Waals surface area (Å²) in [6.07, 6.45) is 0.314. The first-order chi connectivity index (χ1) is 9.08. The highest BCUT2D eigenvalue weighted by atomic mass is 79.9. The third-order valence-electron chi connectivity index (χ3n) is 3.06. The lowest BCUT2D eigenvalue weighted by Crippen LogP contribution is -2.55. The molecule has 1 unspecified atom stereocenters. The number of hydrogen-bond donors (Lipinski definition) is 2. The zero-order valence-corrected chi connectivity index (χ0v) is 11.9. The Morgan fingerprint density at radius 3 is 3.00 bits per heavy atom. The van der Waals surface area contributed by atoms with Crippen LogP contribution in [-0.4, -0.2) is 36.1 Å². The predicted molar refractivity (Wildman–Crippen MR) is 75.2 cm³/mol. The number of benzene rings is 1. The number of carboxylic acids is 1. The smallest absolute Gasteiger partial charge is 0.303 e. The maximum absolute atomic E-state index is 12.3. The molecule has 0 aliphatic carbocycles. The molecule has 0 bridgehead atoms. The molecule has 1 aliphatic heterocycles. The Balaban J connectivity index is 2.09. The summed E-state index contributed by atoms with van der Waals surface area (Å²) in [7, 11) is 0. The summed E-state index contributed by atoms with van der Waals surface area (Å²) in [6, 6.07) is 7.13. The monoisotopic (exact) mass is 326 g/mol. The maximum atomic E-state index is 12.3. The number of carboxylic acid groups (broad SMARTS) is 1. The van der Waals surface area contributed by atoms with Crippen molar-refractivity contribution in [2.24, 2.45) is 0 Å². The molecule has 1 aromatic carbocycles. The van der Waals surface area contributed by atoms with E-state index in [9.17, 15) is 9.59 Å². The van der Waals surface area contributed by atoms with E-state index < -0.39 is 12.0 Å². The molecule has 0 spiro atoms. The Bertz CT molecular complexity index is 493. The van der Waals surface area contributed by atoms with Crippen molar-refractivity contribution in [1.29, 1.82) is 0 Å². The van der Waals surface area contributed by atoms with Crippen LogP contribution in [0.25, 0.3) is 0 Å². The second-order valence-electron chi connectivity index (χ2n) is 4.41. The third-order valence-corrected chi connectivity index (χ3v) is 3.55. The van der Waals surface area contributed by atoms with Crippen LogP contribution in [-0.2, 0) is 9.59 Å². The van der Waals surface area contributed by atoms with Gasteiger partial charge in [0.15, 0.2) is 0 Å². The van der Waals surface area contributed by atoms with Crippen LogP contribution in [0.2, 0.25) is 0 Å². The van der Waals surface area contributed by atoms with Crippen molar-refractivity contribution >= 4 is 33.5 Å². The average Bonchev–Trinajstić information content (AvgIpc) is 2.37. The van der Waals surface area contributed by atoms with E-state index >= 15 is 0 Å². The fraction of sp³-hybridized carbons (Fsp3) is 0.385. The summed E-state index contributed by atoms with van der Waals surface area (Å²) in [4.78, 5) is 24.6. The van der Waals surface area contributed by atoms with Crippen LogP contribution < -0.4 is 10.2 Å². The van der Waals surface area contributed by atoms with Gasteiger partial charge in [0, 0.05) is 29.7 Å². The molecule has 2 N–H and O–H groups in total. The van der Waals surface area contributed by atoms with Gasteiger partial charge in [-0.05, 0) is 24.6 Å². The number of aliphatic carboxylic acids is 1. The van der Waals surface area contributed by atoms with Crippen molar-refractivity contribution in [1.82, 2.24) is 5.32 Å². The van der Waals surface area contributed by atoms with E-state index in [1.807, 2.05) is 24.3 Å². The van der Waals surface area contributed by atoms with Gasteiger partial charge in [0.1, 0.15) is 0 Å². The topological polar surface area (TPSA) is 69.6 Å². The number of halogens is 1. The lowest BCUT2D eigenvalue weighted by atomic mass is 10.1. The first-order valence-electron chi connectivity index (χ1n) is 6.10. The molecule has 1 amide bonds. The average molecular weight is 327 g/mol. The van der Waals surface area contributed by atoms with Crippen molar-refractivity contribution in [2.45, 2.75) is 18.9 Å². The Morgan fingerprint density at radius 1 is 1.53 bits per heavy atom. The SMILES string of the molecule is O=C(O)CCC1NCCN(c2cccc(Br)c2)C1=O. The van der Waals surface area contributed by atoms with Gasteiger partial charge in [-0.3, -0.25) is 9.59 Å². The molecule has 2 rings (SSSR count). The molecule has 0 radical (unpaired) electrons. The van der Waals surface area contributed by atoms with E-state index in [0.29, 0.717) is 19.5 Å². The summed E-state index contributed by atoms with van der Waals surface area (Å²) in [6.45, 7) is 1.27. The van der Waals surface area contributed by atoms with Crippen molar-refractivity contribution in [2.75, 3.05) is 18.0 Å². The first kappa shape index (κ1) is 14.0. The largest absolute Gasteiger partial charge is 0.481 e. The van der Waals surface area contributed by atoms with Gasteiger partial charge in [-0.15, -0.1) is 0 Å². The molecule has 1 heterocycles. The molecule has 0 saturated carbocycles. The number of carbonyl (C=O) groups excluding carboxylic acids is 1. The number of carbonyl (C=O) groups is 2. The van der Waals surface area contributed by atoms with Crippen LogP contribution in [0.1, 0.15) is 12.8 Å². The number of hydrogen-bond acceptors (Lipinski definition) is 3. The lowest BCUT2D eigenvalue weighted by Gasteiger charge is -2.33. The third kappa shape index (κ3) is 3.54. The van der Waals surface area contributed by atoms with Crippen LogP contribution in [0.4, 0.5) is 5.69 Å². The number of rotatable bonds is 4. The molecule has 5 nitrogen and oxygen atoms in total. The lowest BCUT2D eigenvalue weighted by molar-refractivity contribution is -0.137. The van der Waals surface area contributed by atoms with Gasteiger partial charge in [-0.1, -0.05) is 22.0 Å². The van der Waals surface area contributed by atoms with Gasteiger partial charge >= 0.3 is 5.97 Å². The van der Waals surface area contributed by atoms with Gasteiger partial charge < -0.3 is 15.3 Å². The Hall–Kier alpha value is -1.40. The van der Waals surface area contributed by atoms with Gasteiger partial charge in [0.2, 0.25) is 5.91 Å². The second kappa shape index (κ2) is 6.16. The van der Waals surface area contributed by atoms with Gasteiger partial charge in [0.25, 0.3) is 0 Å². The summed E-state index contributed by atoms with van der Waals surface area (Å²) in [5.74, 6) is -0.945. The van der Waals surface area contributed by atoms with E-state index in [-0.39, 0.29) is 12.3 Å². The predicted octanol–water partition coefficient (Wildman–Crippen LogP) is 1.62. The van der Waals surface area contributed by atoms with Gasteiger partial charge in [-0.25, -0.2) is 0 Å². The number of nitrogens with one attached hydrogen (secondary N) is 1. The molecule has 1 fully saturated rings. The van der Waals surface area contributed by atoms with E-state index in [2.05, 4.69) is 21.2 Å². The minimum Gasteiger partial charge on any atom is -0.481 e. The molecule has 0 aromatic heterocycles. The Labute approximate surface area is 119 Å². The fourth-order valence-corrected chi connectivity index (χ4v) is 2.52. The van der Waals surface area contributed by atoms with Crippen molar-refractivity contribution < 1.29 is 14.7 Å². The van der Waals surface area contributed by atoms with E-state index in [4.69, 9.17) is 5.11 Å². The second-order valence-corrected chi connectivity index (χ2v) is 5.32. The van der Waals surface area contributed by atoms with Crippen LogP contribution in [0.3, 0.4) is 0 Å². The molecule has 1 aliphatic rings. The summed E-state index contributed by atoms with van der Waals surface area (Å²) in [5.41, 5.74) is 0.834. The highest BCUT2D eigenvalue weighted by Crippen LogP contribution is 2.22. The van der Waals surface area contributed by atoms with Crippen LogP contribution in [0, 0.1) is 0 Å². The van der Waals surface area contributed by atoms with Crippen molar-refractivity contribution in [3.8, 4) is 0 Å². The number of amides is 1. The zero-order chi connectivity index (χ0) is 13.8. The summed E-state index contributed by atoms with van der Waals surface area (Å²) in [5, 5.41) is 11.8. The van der Waals surface area contributed by atoms with E-state index in [1.165, 1.54) is 0 Å². The van der Waals surface area contributed by atoms with Crippen molar-refractivity contribution in [3.63, 3.8) is 0 Å². The first-order valence-corrected chi connectivity index (χ1v) is 6.89. The Kier molecular flexibility index (Phi) is 4.55. The molecule has 1 saturated heterocycles. The number of piperazine rings is 1. The molecule has 102 valence electrons. The van der Waals surface area contributed by atoms with E-state index in [1.54, 1.807) is 4.90 Å². The minimum absolute atomic E-state index is 0.00424. The molecular weight excluding hydrogens is 312 g/mol.